The average Bonchev–Trinajstić information content (AvgIpc) is 3.11. The topological polar surface area (TPSA) is 79.0 Å². The molecule has 0 saturated heterocycles. The van der Waals surface area contributed by atoms with Crippen LogP contribution in [0.25, 0.3) is 11.1 Å². The highest BCUT2D eigenvalue weighted by Gasteiger charge is 2.55. The minimum absolute atomic E-state index is 0.0174. The molecule has 1 aliphatic carbocycles. The second-order valence-corrected chi connectivity index (χ2v) is 8.60. The fourth-order valence-corrected chi connectivity index (χ4v) is 5.13. The third kappa shape index (κ3) is 3.12. The first-order chi connectivity index (χ1) is 14.5. The molecule has 7 heteroatoms. The van der Waals surface area contributed by atoms with E-state index in [9.17, 15) is 4.39 Å². The van der Waals surface area contributed by atoms with Crippen LogP contribution in [0.15, 0.2) is 41.5 Å². The van der Waals surface area contributed by atoms with Gasteiger partial charge in [0.25, 0.3) is 6.02 Å². The molecule has 1 fully saturated rings. The standard InChI is InChI=1S/C23H26FN3O3/c1-13(2)29-15-6-8-20-18(11-15)23(12-28-22(25)27-23)17-10-14(5-7-19(17)30-20)16-4-3-9-26-21(16)24/h3-5,7,9-10,13,15,18,20H,6,8,11-12H2,1-2H3,(H2,25,27). The molecule has 6 nitrogen and oxygen atoms in total. The molecule has 2 N–H and O–H groups in total. The zero-order chi connectivity index (χ0) is 20.9. The lowest BCUT2D eigenvalue weighted by Crippen LogP contribution is -2.52. The molecular formula is C23H26FN3O3. The third-order valence-corrected chi connectivity index (χ3v) is 6.36. The van der Waals surface area contributed by atoms with Gasteiger partial charge in [-0.15, -0.1) is 0 Å². The van der Waals surface area contributed by atoms with Crippen molar-refractivity contribution in [3.8, 4) is 16.9 Å². The molecule has 4 unspecified atom stereocenters. The van der Waals surface area contributed by atoms with Gasteiger partial charge >= 0.3 is 0 Å². The van der Waals surface area contributed by atoms with Crippen molar-refractivity contribution in [1.29, 1.82) is 0 Å². The van der Waals surface area contributed by atoms with Crippen molar-refractivity contribution in [2.45, 2.75) is 57.0 Å². The van der Waals surface area contributed by atoms with Crippen LogP contribution in [0.2, 0.25) is 0 Å². The van der Waals surface area contributed by atoms with Crippen molar-refractivity contribution in [3.05, 3.63) is 48.0 Å². The average molecular weight is 411 g/mol. The quantitative estimate of drug-likeness (QED) is 0.778. The summed E-state index contributed by atoms with van der Waals surface area (Å²) in [4.78, 5) is 8.59. The number of nitrogens with two attached hydrogens (primary N) is 1. The van der Waals surface area contributed by atoms with Crippen LogP contribution in [0.4, 0.5) is 4.39 Å². The molecule has 4 atom stereocenters. The highest BCUT2D eigenvalue weighted by atomic mass is 19.1. The highest BCUT2D eigenvalue weighted by molar-refractivity contribution is 5.75. The van der Waals surface area contributed by atoms with Gasteiger partial charge in [0.05, 0.1) is 12.2 Å². The zero-order valence-corrected chi connectivity index (χ0v) is 17.2. The lowest BCUT2D eigenvalue weighted by atomic mass is 9.67. The van der Waals surface area contributed by atoms with E-state index in [0.29, 0.717) is 12.2 Å². The Hall–Kier alpha value is -2.67. The smallest absolute Gasteiger partial charge is 0.283 e. The van der Waals surface area contributed by atoms with Crippen molar-refractivity contribution in [3.63, 3.8) is 0 Å². The van der Waals surface area contributed by atoms with Crippen molar-refractivity contribution in [2.24, 2.45) is 16.6 Å². The number of hydrogen-bond acceptors (Lipinski definition) is 6. The van der Waals surface area contributed by atoms with Crippen LogP contribution < -0.4 is 10.5 Å². The monoisotopic (exact) mass is 411 g/mol. The van der Waals surface area contributed by atoms with E-state index in [1.165, 1.54) is 6.20 Å². The predicted molar refractivity (Wildman–Crippen MR) is 111 cm³/mol. The van der Waals surface area contributed by atoms with Gasteiger partial charge in [0.15, 0.2) is 0 Å². The first kappa shape index (κ1) is 19.3. The van der Waals surface area contributed by atoms with Crippen molar-refractivity contribution in [2.75, 3.05) is 6.61 Å². The lowest BCUT2D eigenvalue weighted by Gasteiger charge is -2.48. The summed E-state index contributed by atoms with van der Waals surface area (Å²) in [6.45, 7) is 4.46. The minimum atomic E-state index is -0.657. The molecule has 5 rings (SSSR count). The summed E-state index contributed by atoms with van der Waals surface area (Å²) in [7, 11) is 0. The maximum Gasteiger partial charge on any atom is 0.283 e. The van der Waals surface area contributed by atoms with E-state index in [1.807, 2.05) is 18.2 Å². The Balaban J connectivity index is 1.60. The van der Waals surface area contributed by atoms with E-state index in [0.717, 1.165) is 36.1 Å². The van der Waals surface area contributed by atoms with Gasteiger partial charge < -0.3 is 19.9 Å². The Bertz CT molecular complexity index is 995. The van der Waals surface area contributed by atoms with E-state index in [2.05, 4.69) is 18.8 Å². The first-order valence-electron chi connectivity index (χ1n) is 10.5. The molecule has 3 aliphatic rings. The van der Waals surface area contributed by atoms with Crippen LogP contribution in [0.1, 0.15) is 38.7 Å². The van der Waals surface area contributed by atoms with E-state index < -0.39 is 11.5 Å². The van der Waals surface area contributed by atoms with E-state index >= 15 is 0 Å². The summed E-state index contributed by atoms with van der Waals surface area (Å²) < 4.78 is 32.6. The summed E-state index contributed by atoms with van der Waals surface area (Å²) in [6, 6.07) is 9.35. The van der Waals surface area contributed by atoms with E-state index in [-0.39, 0.29) is 30.3 Å². The summed E-state index contributed by atoms with van der Waals surface area (Å²) in [6.07, 6.45) is 4.41. The number of rotatable bonds is 3. The van der Waals surface area contributed by atoms with Gasteiger partial charge in [0.1, 0.15) is 24.0 Å². The lowest BCUT2D eigenvalue weighted by molar-refractivity contribution is -0.0791. The predicted octanol–water partition coefficient (Wildman–Crippen LogP) is 3.78. The molecule has 0 bridgehead atoms. The zero-order valence-electron chi connectivity index (χ0n) is 17.2. The number of aromatic nitrogens is 1. The van der Waals surface area contributed by atoms with Crippen LogP contribution in [0, 0.1) is 11.9 Å². The maximum absolute atomic E-state index is 14.3. The van der Waals surface area contributed by atoms with Gasteiger partial charge in [-0.25, -0.2) is 9.98 Å². The second-order valence-electron chi connectivity index (χ2n) is 8.60. The van der Waals surface area contributed by atoms with Crippen molar-refractivity contribution < 1.29 is 18.6 Å². The SMILES string of the molecule is CC(C)OC1CCC2Oc3ccc(-c4cccnc4F)cc3C3(COC(N)=N3)C2C1. The van der Waals surface area contributed by atoms with E-state index in [4.69, 9.17) is 24.9 Å². The van der Waals surface area contributed by atoms with Crippen molar-refractivity contribution in [1.82, 2.24) is 4.98 Å². The number of fused-ring (bicyclic) bond motifs is 4. The molecule has 3 heterocycles. The molecule has 0 amide bonds. The number of ether oxygens (including phenoxy) is 3. The fraction of sp³-hybridized carbons (Fsp3) is 0.478. The number of nitrogens with zero attached hydrogens (tertiary/aromatic N) is 2. The van der Waals surface area contributed by atoms with Crippen LogP contribution in [0.3, 0.4) is 0 Å². The van der Waals surface area contributed by atoms with Gasteiger partial charge in [-0.05, 0) is 62.9 Å². The number of hydrogen-bond donors (Lipinski definition) is 1. The molecule has 30 heavy (non-hydrogen) atoms. The summed E-state index contributed by atoms with van der Waals surface area (Å²) in [5.41, 5.74) is 7.39. The fourth-order valence-electron chi connectivity index (χ4n) is 5.13. The Labute approximate surface area is 175 Å². The third-order valence-electron chi connectivity index (χ3n) is 6.36. The number of amidine groups is 1. The molecule has 2 aromatic rings. The normalized spacial score (nSPS) is 29.7. The highest BCUT2D eigenvalue weighted by Crippen LogP contribution is 2.53. The van der Waals surface area contributed by atoms with Crippen LogP contribution in [0.5, 0.6) is 5.75 Å². The molecule has 158 valence electrons. The molecular weight excluding hydrogens is 385 g/mol. The van der Waals surface area contributed by atoms with Crippen LogP contribution in [-0.4, -0.2) is 35.9 Å². The number of halogens is 1. The summed E-state index contributed by atoms with van der Waals surface area (Å²) in [5, 5.41) is 0. The maximum atomic E-state index is 14.3. The van der Waals surface area contributed by atoms with Crippen molar-refractivity contribution >= 4 is 6.02 Å². The number of aliphatic imine (C=N–C) groups is 1. The summed E-state index contributed by atoms with van der Waals surface area (Å²) in [5.74, 6) is 0.321. The Morgan fingerprint density at radius 3 is 2.87 bits per heavy atom. The first-order valence-corrected chi connectivity index (χ1v) is 10.5. The number of pyridine rings is 1. The second kappa shape index (κ2) is 7.23. The Kier molecular flexibility index (Phi) is 4.65. The van der Waals surface area contributed by atoms with Gasteiger partial charge in [0.2, 0.25) is 5.95 Å². The Morgan fingerprint density at radius 1 is 1.27 bits per heavy atom. The van der Waals surface area contributed by atoms with Gasteiger partial charge in [-0.1, -0.05) is 6.07 Å². The molecule has 2 aliphatic heterocycles. The molecule has 0 radical (unpaired) electrons. The largest absolute Gasteiger partial charge is 0.490 e. The van der Waals surface area contributed by atoms with Gasteiger partial charge in [-0.3, -0.25) is 0 Å². The molecule has 1 aromatic heterocycles. The van der Waals surface area contributed by atoms with E-state index in [1.54, 1.807) is 12.1 Å². The summed E-state index contributed by atoms with van der Waals surface area (Å²) >= 11 is 0. The molecule has 1 saturated carbocycles. The van der Waals surface area contributed by atoms with Gasteiger partial charge in [0, 0.05) is 23.2 Å². The Morgan fingerprint density at radius 2 is 2.13 bits per heavy atom. The molecule has 1 spiro atoms. The molecule has 1 aromatic carbocycles. The minimum Gasteiger partial charge on any atom is -0.490 e. The van der Waals surface area contributed by atoms with Gasteiger partial charge in [-0.2, -0.15) is 4.39 Å². The van der Waals surface area contributed by atoms with Crippen LogP contribution >= 0.6 is 0 Å². The van der Waals surface area contributed by atoms with Crippen LogP contribution in [-0.2, 0) is 15.0 Å². The number of benzene rings is 1.